The molecule has 0 spiro atoms. The SMILES string of the molecule is CS(=O)(=O)N1CCCc2cc(C(=O)NC3CCNC3)ccc21. The van der Waals surface area contributed by atoms with Crippen molar-refractivity contribution in [3.05, 3.63) is 29.3 Å². The van der Waals surface area contributed by atoms with Gasteiger partial charge in [0.1, 0.15) is 0 Å². The van der Waals surface area contributed by atoms with E-state index in [0.29, 0.717) is 17.8 Å². The number of carbonyl (C=O) groups is 1. The average Bonchev–Trinajstić information content (AvgIpc) is 2.98. The number of amides is 1. The summed E-state index contributed by atoms with van der Waals surface area (Å²) in [5.74, 6) is -0.0898. The van der Waals surface area contributed by atoms with E-state index in [2.05, 4.69) is 10.6 Å². The number of rotatable bonds is 3. The van der Waals surface area contributed by atoms with E-state index < -0.39 is 10.0 Å². The smallest absolute Gasteiger partial charge is 0.251 e. The fraction of sp³-hybridized carbons (Fsp3) is 0.533. The molecule has 7 heteroatoms. The predicted molar refractivity (Wildman–Crippen MR) is 85.7 cm³/mol. The summed E-state index contributed by atoms with van der Waals surface area (Å²) in [4.78, 5) is 12.3. The van der Waals surface area contributed by atoms with E-state index >= 15 is 0 Å². The van der Waals surface area contributed by atoms with Crippen LogP contribution in [0.5, 0.6) is 0 Å². The van der Waals surface area contributed by atoms with Gasteiger partial charge in [0.05, 0.1) is 11.9 Å². The molecular formula is C15H21N3O3S. The van der Waals surface area contributed by atoms with Crippen LogP contribution in [0, 0.1) is 0 Å². The number of aryl methyl sites for hydroxylation is 1. The second kappa shape index (κ2) is 5.89. The molecule has 120 valence electrons. The van der Waals surface area contributed by atoms with Gasteiger partial charge >= 0.3 is 0 Å². The van der Waals surface area contributed by atoms with Gasteiger partial charge in [0, 0.05) is 24.7 Å². The van der Waals surface area contributed by atoms with Crippen LogP contribution in [0.2, 0.25) is 0 Å². The minimum Gasteiger partial charge on any atom is -0.348 e. The lowest BCUT2D eigenvalue weighted by atomic mass is 10.0. The molecule has 0 bridgehead atoms. The molecule has 1 fully saturated rings. The van der Waals surface area contributed by atoms with Gasteiger partial charge in [0.2, 0.25) is 10.0 Å². The van der Waals surface area contributed by atoms with Gasteiger partial charge in [-0.1, -0.05) is 0 Å². The van der Waals surface area contributed by atoms with Gasteiger partial charge in [-0.05, 0) is 49.6 Å². The molecule has 2 heterocycles. The molecule has 2 N–H and O–H groups in total. The number of hydrogen-bond acceptors (Lipinski definition) is 4. The van der Waals surface area contributed by atoms with E-state index in [9.17, 15) is 13.2 Å². The molecule has 0 aliphatic carbocycles. The van der Waals surface area contributed by atoms with Gasteiger partial charge in [0.15, 0.2) is 0 Å². The number of fused-ring (bicyclic) bond motifs is 1. The fourth-order valence-corrected chi connectivity index (χ4v) is 4.09. The molecular weight excluding hydrogens is 302 g/mol. The van der Waals surface area contributed by atoms with Crippen molar-refractivity contribution in [2.45, 2.75) is 25.3 Å². The fourth-order valence-electron chi connectivity index (χ4n) is 3.09. The van der Waals surface area contributed by atoms with Crippen molar-refractivity contribution in [3.63, 3.8) is 0 Å². The number of carbonyl (C=O) groups excluding carboxylic acids is 1. The first-order valence-corrected chi connectivity index (χ1v) is 9.42. The third kappa shape index (κ3) is 3.10. The van der Waals surface area contributed by atoms with E-state index in [1.807, 2.05) is 6.07 Å². The quantitative estimate of drug-likeness (QED) is 0.849. The summed E-state index contributed by atoms with van der Waals surface area (Å²) in [5.41, 5.74) is 2.22. The Hall–Kier alpha value is -1.60. The molecule has 3 rings (SSSR count). The van der Waals surface area contributed by atoms with E-state index in [0.717, 1.165) is 37.9 Å². The Morgan fingerprint density at radius 2 is 2.23 bits per heavy atom. The number of anilines is 1. The van der Waals surface area contributed by atoms with Crippen LogP contribution in [0.15, 0.2) is 18.2 Å². The molecule has 0 saturated carbocycles. The first-order chi connectivity index (χ1) is 10.4. The highest BCUT2D eigenvalue weighted by Gasteiger charge is 2.25. The number of nitrogens with zero attached hydrogens (tertiary/aromatic N) is 1. The Kier molecular flexibility index (Phi) is 4.10. The lowest BCUT2D eigenvalue weighted by Gasteiger charge is -2.29. The first kappa shape index (κ1) is 15.3. The number of sulfonamides is 1. The Balaban J connectivity index is 1.82. The largest absolute Gasteiger partial charge is 0.348 e. The summed E-state index contributed by atoms with van der Waals surface area (Å²) in [5, 5.41) is 6.22. The lowest BCUT2D eigenvalue weighted by molar-refractivity contribution is 0.0940. The summed E-state index contributed by atoms with van der Waals surface area (Å²) in [6.07, 6.45) is 3.74. The van der Waals surface area contributed by atoms with Gasteiger partial charge < -0.3 is 10.6 Å². The highest BCUT2D eigenvalue weighted by molar-refractivity contribution is 7.92. The minimum absolute atomic E-state index is 0.0898. The van der Waals surface area contributed by atoms with E-state index in [1.54, 1.807) is 12.1 Å². The summed E-state index contributed by atoms with van der Waals surface area (Å²) < 4.78 is 25.1. The number of hydrogen-bond donors (Lipinski definition) is 2. The minimum atomic E-state index is -3.27. The topological polar surface area (TPSA) is 78.5 Å². The first-order valence-electron chi connectivity index (χ1n) is 7.57. The molecule has 0 aromatic heterocycles. The number of nitrogens with one attached hydrogen (secondary N) is 2. The van der Waals surface area contributed by atoms with E-state index in [-0.39, 0.29) is 11.9 Å². The van der Waals surface area contributed by atoms with Gasteiger partial charge in [0.25, 0.3) is 5.91 Å². The van der Waals surface area contributed by atoms with Crippen molar-refractivity contribution in [1.82, 2.24) is 10.6 Å². The van der Waals surface area contributed by atoms with E-state index in [4.69, 9.17) is 0 Å². The summed E-state index contributed by atoms with van der Waals surface area (Å²) in [7, 11) is -3.27. The molecule has 0 radical (unpaired) electrons. The molecule has 2 aliphatic heterocycles. The maximum Gasteiger partial charge on any atom is 0.251 e. The molecule has 1 aromatic rings. The second-order valence-electron chi connectivity index (χ2n) is 5.95. The molecule has 1 saturated heterocycles. The highest BCUT2D eigenvalue weighted by atomic mass is 32.2. The van der Waals surface area contributed by atoms with Crippen molar-refractivity contribution in [3.8, 4) is 0 Å². The Labute approximate surface area is 130 Å². The van der Waals surface area contributed by atoms with Crippen LogP contribution in [0.3, 0.4) is 0 Å². The van der Waals surface area contributed by atoms with Gasteiger partial charge in [-0.25, -0.2) is 8.42 Å². The third-order valence-corrected chi connectivity index (χ3v) is 5.39. The molecule has 1 aromatic carbocycles. The zero-order chi connectivity index (χ0) is 15.7. The zero-order valence-corrected chi connectivity index (χ0v) is 13.4. The van der Waals surface area contributed by atoms with Crippen LogP contribution in [0.4, 0.5) is 5.69 Å². The monoisotopic (exact) mass is 323 g/mol. The molecule has 1 atom stereocenters. The summed E-state index contributed by atoms with van der Waals surface area (Å²) in [6.45, 7) is 2.24. The molecule has 1 unspecified atom stereocenters. The average molecular weight is 323 g/mol. The van der Waals surface area contributed by atoms with Crippen molar-refractivity contribution < 1.29 is 13.2 Å². The van der Waals surface area contributed by atoms with Gasteiger partial charge in [-0.2, -0.15) is 0 Å². The van der Waals surface area contributed by atoms with Crippen molar-refractivity contribution >= 4 is 21.6 Å². The number of benzene rings is 1. The normalized spacial score (nSPS) is 21.5. The van der Waals surface area contributed by atoms with Crippen LogP contribution in [-0.2, 0) is 16.4 Å². The van der Waals surface area contributed by atoms with Crippen molar-refractivity contribution in [2.24, 2.45) is 0 Å². The van der Waals surface area contributed by atoms with Crippen LogP contribution < -0.4 is 14.9 Å². The van der Waals surface area contributed by atoms with E-state index in [1.165, 1.54) is 10.6 Å². The van der Waals surface area contributed by atoms with Gasteiger partial charge in [-0.15, -0.1) is 0 Å². The standard InChI is InChI=1S/C15H21N3O3S/c1-22(20,21)18-8-2-3-11-9-12(4-5-14(11)18)15(19)17-13-6-7-16-10-13/h4-5,9,13,16H,2-3,6-8,10H2,1H3,(H,17,19). The maximum absolute atomic E-state index is 12.3. The highest BCUT2D eigenvalue weighted by Crippen LogP contribution is 2.29. The summed E-state index contributed by atoms with van der Waals surface area (Å²) in [6, 6.07) is 5.46. The molecule has 2 aliphatic rings. The zero-order valence-electron chi connectivity index (χ0n) is 12.6. The second-order valence-corrected chi connectivity index (χ2v) is 7.85. The van der Waals surface area contributed by atoms with Crippen LogP contribution in [0.1, 0.15) is 28.8 Å². The Morgan fingerprint density at radius 1 is 1.41 bits per heavy atom. The van der Waals surface area contributed by atoms with Crippen molar-refractivity contribution in [1.29, 1.82) is 0 Å². The van der Waals surface area contributed by atoms with Crippen LogP contribution in [-0.4, -0.2) is 46.3 Å². The van der Waals surface area contributed by atoms with Crippen LogP contribution in [0.25, 0.3) is 0 Å². The maximum atomic E-state index is 12.3. The molecule has 1 amide bonds. The van der Waals surface area contributed by atoms with Crippen molar-refractivity contribution in [2.75, 3.05) is 30.2 Å². The molecule has 6 nitrogen and oxygen atoms in total. The Morgan fingerprint density at radius 3 is 2.91 bits per heavy atom. The Bertz CT molecular complexity index is 681. The third-order valence-electron chi connectivity index (χ3n) is 4.21. The molecule has 22 heavy (non-hydrogen) atoms. The lowest BCUT2D eigenvalue weighted by Crippen LogP contribution is -2.37. The summed E-state index contributed by atoms with van der Waals surface area (Å²) >= 11 is 0. The van der Waals surface area contributed by atoms with Crippen LogP contribution >= 0.6 is 0 Å². The predicted octanol–water partition coefficient (Wildman–Crippen LogP) is 0.491. The van der Waals surface area contributed by atoms with Gasteiger partial charge in [-0.3, -0.25) is 9.10 Å².